The van der Waals surface area contributed by atoms with Crippen molar-refractivity contribution < 1.29 is 4.42 Å². The van der Waals surface area contributed by atoms with E-state index in [1.807, 2.05) is 34.3 Å². The van der Waals surface area contributed by atoms with E-state index in [1.165, 1.54) is 0 Å². The van der Waals surface area contributed by atoms with Crippen LogP contribution in [-0.4, -0.2) is 9.38 Å². The van der Waals surface area contributed by atoms with E-state index >= 15 is 0 Å². The van der Waals surface area contributed by atoms with Gasteiger partial charge in [-0.2, -0.15) is 0 Å². The summed E-state index contributed by atoms with van der Waals surface area (Å²) in [6.45, 7) is 1.49. The van der Waals surface area contributed by atoms with Gasteiger partial charge in [0.25, 0.3) is 0 Å². The third-order valence-corrected chi connectivity index (χ3v) is 3.10. The van der Waals surface area contributed by atoms with Gasteiger partial charge in [0.05, 0.1) is 18.5 Å². The summed E-state index contributed by atoms with van der Waals surface area (Å²) in [4.78, 5) is 5.52. The summed E-state index contributed by atoms with van der Waals surface area (Å²) >= 11 is 1.64. The summed E-state index contributed by atoms with van der Waals surface area (Å²) in [6, 6.07) is 3.85. The van der Waals surface area contributed by atoms with Crippen LogP contribution in [-0.2, 0) is 13.1 Å². The average Bonchev–Trinajstić information content (AvgIpc) is 2.91. The number of hydrogen-bond acceptors (Lipinski definition) is 4. The van der Waals surface area contributed by atoms with E-state index in [1.54, 1.807) is 17.6 Å². The van der Waals surface area contributed by atoms with Crippen LogP contribution in [0.25, 0.3) is 4.96 Å². The molecule has 0 amide bonds. The fraction of sp³-hybridized carbons (Fsp3) is 0.182. The molecule has 3 aromatic rings. The third kappa shape index (κ3) is 1.87. The number of rotatable bonds is 4. The van der Waals surface area contributed by atoms with Gasteiger partial charge in [0.15, 0.2) is 4.96 Å². The zero-order valence-electron chi connectivity index (χ0n) is 8.59. The van der Waals surface area contributed by atoms with Crippen LogP contribution in [0.4, 0.5) is 0 Å². The first kappa shape index (κ1) is 9.62. The average molecular weight is 233 g/mol. The van der Waals surface area contributed by atoms with Crippen molar-refractivity contribution in [3.63, 3.8) is 0 Å². The van der Waals surface area contributed by atoms with Gasteiger partial charge >= 0.3 is 0 Å². The van der Waals surface area contributed by atoms with Gasteiger partial charge in [-0.15, -0.1) is 11.3 Å². The van der Waals surface area contributed by atoms with E-state index in [4.69, 9.17) is 4.42 Å². The first-order valence-electron chi connectivity index (χ1n) is 5.06. The number of furan rings is 1. The molecule has 0 atom stereocenters. The minimum atomic E-state index is 0.734. The Labute approximate surface area is 96.5 Å². The molecule has 0 saturated heterocycles. The number of aromatic nitrogens is 2. The lowest BCUT2D eigenvalue weighted by atomic mass is 10.4. The Bertz CT molecular complexity index is 538. The molecule has 3 heterocycles. The van der Waals surface area contributed by atoms with E-state index in [0.717, 1.165) is 29.5 Å². The first-order chi connectivity index (χ1) is 7.92. The maximum atomic E-state index is 5.23. The highest BCUT2D eigenvalue weighted by Crippen LogP contribution is 2.11. The fourth-order valence-corrected chi connectivity index (χ4v) is 2.31. The third-order valence-electron chi connectivity index (χ3n) is 2.33. The van der Waals surface area contributed by atoms with Crippen molar-refractivity contribution in [2.24, 2.45) is 0 Å². The number of fused-ring (bicyclic) bond motifs is 1. The zero-order chi connectivity index (χ0) is 10.8. The Morgan fingerprint density at radius 2 is 2.44 bits per heavy atom. The lowest BCUT2D eigenvalue weighted by molar-refractivity contribution is 0.482. The molecule has 0 spiro atoms. The number of nitrogens with one attached hydrogen (secondary N) is 1. The van der Waals surface area contributed by atoms with Crippen LogP contribution in [0.2, 0.25) is 0 Å². The van der Waals surface area contributed by atoms with Gasteiger partial charge in [-0.3, -0.25) is 4.40 Å². The maximum Gasteiger partial charge on any atom is 0.193 e. The SMILES string of the molecule is c1coc(CNCc2cn3ccsc3n2)c1. The van der Waals surface area contributed by atoms with Crippen molar-refractivity contribution >= 4 is 16.3 Å². The fourth-order valence-electron chi connectivity index (χ4n) is 1.59. The van der Waals surface area contributed by atoms with Crippen molar-refractivity contribution in [1.29, 1.82) is 0 Å². The molecule has 3 rings (SSSR count). The molecule has 0 saturated carbocycles. The number of nitrogens with zero attached hydrogens (tertiary/aromatic N) is 2. The van der Waals surface area contributed by atoms with Gasteiger partial charge < -0.3 is 9.73 Å². The van der Waals surface area contributed by atoms with Crippen molar-refractivity contribution in [3.05, 3.63) is 47.6 Å². The predicted molar refractivity (Wildman–Crippen MR) is 62.3 cm³/mol. The predicted octanol–water partition coefficient (Wildman–Crippen LogP) is 2.28. The molecule has 4 nitrogen and oxygen atoms in total. The molecule has 0 fully saturated rings. The smallest absolute Gasteiger partial charge is 0.193 e. The zero-order valence-corrected chi connectivity index (χ0v) is 9.41. The van der Waals surface area contributed by atoms with Gasteiger partial charge in [0.1, 0.15) is 5.76 Å². The summed E-state index contributed by atoms with van der Waals surface area (Å²) in [5.74, 6) is 0.945. The topological polar surface area (TPSA) is 42.5 Å². The van der Waals surface area contributed by atoms with Gasteiger partial charge in [-0.25, -0.2) is 4.98 Å². The number of imidazole rings is 1. The lowest BCUT2D eigenvalue weighted by Crippen LogP contribution is -2.12. The first-order valence-corrected chi connectivity index (χ1v) is 5.94. The van der Waals surface area contributed by atoms with Gasteiger partial charge in [-0.05, 0) is 12.1 Å². The Kier molecular flexibility index (Phi) is 2.47. The second-order valence-electron chi connectivity index (χ2n) is 3.51. The Balaban J connectivity index is 1.61. The Morgan fingerprint density at radius 3 is 3.25 bits per heavy atom. The molecule has 0 aromatic carbocycles. The van der Waals surface area contributed by atoms with E-state index in [2.05, 4.69) is 10.3 Å². The van der Waals surface area contributed by atoms with E-state index in [0.29, 0.717) is 0 Å². The van der Waals surface area contributed by atoms with Crippen LogP contribution in [0.5, 0.6) is 0 Å². The van der Waals surface area contributed by atoms with E-state index < -0.39 is 0 Å². The van der Waals surface area contributed by atoms with E-state index in [-0.39, 0.29) is 0 Å². The molecule has 16 heavy (non-hydrogen) atoms. The summed E-state index contributed by atoms with van der Waals surface area (Å²) in [5, 5.41) is 5.32. The van der Waals surface area contributed by atoms with Crippen LogP contribution in [0.1, 0.15) is 11.5 Å². The molecule has 0 aliphatic heterocycles. The molecule has 0 radical (unpaired) electrons. The van der Waals surface area contributed by atoms with E-state index in [9.17, 15) is 0 Å². The minimum absolute atomic E-state index is 0.734. The quantitative estimate of drug-likeness (QED) is 0.751. The highest BCUT2D eigenvalue weighted by atomic mass is 32.1. The van der Waals surface area contributed by atoms with Crippen molar-refractivity contribution in [1.82, 2.24) is 14.7 Å². The molecule has 82 valence electrons. The van der Waals surface area contributed by atoms with Crippen molar-refractivity contribution in [3.8, 4) is 0 Å². The molecule has 3 aromatic heterocycles. The van der Waals surface area contributed by atoms with Gasteiger partial charge in [0, 0.05) is 24.3 Å². The number of thiazole rings is 1. The molecule has 5 heteroatoms. The molecule has 0 aliphatic carbocycles. The minimum Gasteiger partial charge on any atom is -0.468 e. The van der Waals surface area contributed by atoms with Gasteiger partial charge in [0.2, 0.25) is 0 Å². The highest BCUT2D eigenvalue weighted by Gasteiger charge is 2.02. The molecule has 0 unspecified atom stereocenters. The van der Waals surface area contributed by atoms with Gasteiger partial charge in [-0.1, -0.05) is 0 Å². The molecule has 1 N–H and O–H groups in total. The van der Waals surface area contributed by atoms with Crippen LogP contribution in [0, 0.1) is 0 Å². The second kappa shape index (κ2) is 4.11. The Hall–Kier alpha value is -1.59. The van der Waals surface area contributed by atoms with Crippen LogP contribution < -0.4 is 5.32 Å². The summed E-state index contributed by atoms with van der Waals surface area (Å²) in [6.07, 6.45) is 5.74. The van der Waals surface area contributed by atoms with Crippen LogP contribution >= 0.6 is 11.3 Å². The van der Waals surface area contributed by atoms with Crippen LogP contribution in [0.15, 0.2) is 40.6 Å². The highest BCUT2D eigenvalue weighted by molar-refractivity contribution is 7.15. The largest absolute Gasteiger partial charge is 0.468 e. The molecule has 0 aliphatic rings. The molecular formula is C11H11N3OS. The maximum absolute atomic E-state index is 5.23. The van der Waals surface area contributed by atoms with Crippen molar-refractivity contribution in [2.45, 2.75) is 13.1 Å². The summed E-state index contributed by atoms with van der Waals surface area (Å²) in [7, 11) is 0. The van der Waals surface area contributed by atoms with Crippen molar-refractivity contribution in [2.75, 3.05) is 0 Å². The molecular weight excluding hydrogens is 222 g/mol. The molecule has 0 bridgehead atoms. The monoisotopic (exact) mass is 233 g/mol. The van der Waals surface area contributed by atoms with Crippen LogP contribution in [0.3, 0.4) is 0 Å². The number of hydrogen-bond donors (Lipinski definition) is 1. The standard InChI is InChI=1S/C11H11N3OS/c1-2-10(15-4-1)7-12-6-9-8-14-3-5-16-11(14)13-9/h1-5,8,12H,6-7H2. The Morgan fingerprint density at radius 1 is 1.44 bits per heavy atom. The second-order valence-corrected chi connectivity index (χ2v) is 4.38. The normalized spacial score (nSPS) is 11.2. The summed E-state index contributed by atoms with van der Waals surface area (Å²) < 4.78 is 7.27. The summed E-state index contributed by atoms with van der Waals surface area (Å²) in [5.41, 5.74) is 1.05. The lowest BCUT2D eigenvalue weighted by Gasteiger charge is -1.98.